The third-order valence-electron chi connectivity index (χ3n) is 4.39. The van der Waals surface area contributed by atoms with E-state index in [1.54, 1.807) is 12.1 Å². The maximum atomic E-state index is 13.4. The predicted molar refractivity (Wildman–Crippen MR) is 122 cm³/mol. The number of imidazole rings is 1. The van der Waals surface area contributed by atoms with Gasteiger partial charge in [0.1, 0.15) is 30.1 Å². The predicted octanol–water partition coefficient (Wildman–Crippen LogP) is 6.87. The smallest absolute Gasteiger partial charge is 0.149 e. The lowest BCUT2D eigenvalue weighted by molar-refractivity contribution is 0.304. The van der Waals surface area contributed by atoms with Crippen molar-refractivity contribution in [3.8, 4) is 11.8 Å². The molecule has 148 valence electrons. The molecule has 1 heterocycles. The fourth-order valence-corrected chi connectivity index (χ4v) is 3.67. The second-order valence-corrected chi connectivity index (χ2v) is 8.29. The highest BCUT2D eigenvalue weighted by molar-refractivity contribution is 9.10. The van der Waals surface area contributed by atoms with Crippen LogP contribution in [0.25, 0.3) is 22.7 Å². The number of hydrogen-bond acceptors (Lipinski definition) is 3. The van der Waals surface area contributed by atoms with E-state index in [-0.39, 0.29) is 5.82 Å². The summed E-state index contributed by atoms with van der Waals surface area (Å²) in [6, 6.07) is 19.9. The molecule has 3 aromatic carbocycles. The SMILES string of the molecule is N#C/C(=C/c1ccc(OCc2ccc(Br)cc2)c(Br)c1)c1nc2ccc(F)cc2[nH]1. The van der Waals surface area contributed by atoms with Crippen molar-refractivity contribution < 1.29 is 9.13 Å². The number of fused-ring (bicyclic) bond motifs is 1. The van der Waals surface area contributed by atoms with Crippen molar-refractivity contribution in [2.24, 2.45) is 0 Å². The Morgan fingerprint density at radius 2 is 1.90 bits per heavy atom. The van der Waals surface area contributed by atoms with Gasteiger partial charge >= 0.3 is 0 Å². The summed E-state index contributed by atoms with van der Waals surface area (Å²) >= 11 is 6.94. The van der Waals surface area contributed by atoms with E-state index in [0.717, 1.165) is 20.1 Å². The Morgan fingerprint density at radius 3 is 2.63 bits per heavy atom. The molecule has 7 heteroatoms. The summed E-state index contributed by atoms with van der Waals surface area (Å²) in [5, 5.41) is 9.58. The second-order valence-electron chi connectivity index (χ2n) is 6.52. The van der Waals surface area contributed by atoms with Crippen molar-refractivity contribution in [3.63, 3.8) is 0 Å². The van der Waals surface area contributed by atoms with Crippen molar-refractivity contribution >= 4 is 54.5 Å². The number of aromatic nitrogens is 2. The van der Waals surface area contributed by atoms with Gasteiger partial charge in [0.15, 0.2) is 0 Å². The van der Waals surface area contributed by atoms with Gasteiger partial charge in [0, 0.05) is 4.47 Å². The van der Waals surface area contributed by atoms with Gasteiger partial charge in [-0.3, -0.25) is 0 Å². The minimum absolute atomic E-state index is 0.349. The van der Waals surface area contributed by atoms with Gasteiger partial charge < -0.3 is 9.72 Å². The van der Waals surface area contributed by atoms with Crippen LogP contribution < -0.4 is 4.74 Å². The van der Waals surface area contributed by atoms with E-state index in [1.807, 2.05) is 42.5 Å². The summed E-state index contributed by atoms with van der Waals surface area (Å²) in [5.41, 5.74) is 3.36. The fourth-order valence-electron chi connectivity index (χ4n) is 2.90. The summed E-state index contributed by atoms with van der Waals surface area (Å²) in [5.74, 6) is 0.736. The third-order valence-corrected chi connectivity index (χ3v) is 5.54. The van der Waals surface area contributed by atoms with Gasteiger partial charge in [-0.2, -0.15) is 5.26 Å². The zero-order valence-electron chi connectivity index (χ0n) is 15.5. The molecular weight excluding hydrogens is 513 g/mol. The molecule has 0 atom stereocenters. The van der Waals surface area contributed by atoms with Crippen molar-refractivity contribution in [2.45, 2.75) is 6.61 Å². The van der Waals surface area contributed by atoms with Gasteiger partial charge in [-0.1, -0.05) is 34.1 Å². The third kappa shape index (κ3) is 4.61. The number of halogens is 3. The van der Waals surface area contributed by atoms with E-state index in [9.17, 15) is 9.65 Å². The molecule has 0 aliphatic rings. The molecule has 0 amide bonds. The van der Waals surface area contributed by atoms with E-state index >= 15 is 0 Å². The van der Waals surface area contributed by atoms with Gasteiger partial charge in [0.05, 0.1) is 21.1 Å². The standard InChI is InChI=1S/C23H14Br2FN3O/c24-17-4-1-14(2-5-17)13-30-22-8-3-15(10-19(22)25)9-16(12-27)23-28-20-7-6-18(26)11-21(20)29-23/h1-11H,13H2,(H,28,29)/b16-9-. The molecule has 0 aliphatic carbocycles. The number of H-pyrrole nitrogens is 1. The first-order chi connectivity index (χ1) is 14.5. The van der Waals surface area contributed by atoms with Crippen molar-refractivity contribution in [1.29, 1.82) is 5.26 Å². The zero-order chi connectivity index (χ0) is 21.1. The molecule has 0 unspecified atom stereocenters. The summed E-state index contributed by atoms with van der Waals surface area (Å²) in [7, 11) is 0. The van der Waals surface area contributed by atoms with Crippen LogP contribution >= 0.6 is 31.9 Å². The van der Waals surface area contributed by atoms with Crippen LogP contribution in [-0.4, -0.2) is 9.97 Å². The van der Waals surface area contributed by atoms with E-state index in [0.29, 0.717) is 34.8 Å². The molecule has 4 rings (SSSR count). The molecule has 0 bridgehead atoms. The van der Waals surface area contributed by atoms with Crippen LogP contribution in [-0.2, 0) is 6.61 Å². The van der Waals surface area contributed by atoms with Gasteiger partial charge in [-0.15, -0.1) is 0 Å². The summed E-state index contributed by atoms with van der Waals surface area (Å²) in [6.07, 6.45) is 1.72. The molecule has 0 radical (unpaired) electrons. The number of hydrogen-bond donors (Lipinski definition) is 1. The molecule has 30 heavy (non-hydrogen) atoms. The minimum Gasteiger partial charge on any atom is -0.488 e. The number of benzene rings is 3. The highest BCUT2D eigenvalue weighted by Crippen LogP contribution is 2.29. The minimum atomic E-state index is -0.358. The van der Waals surface area contributed by atoms with Crippen LogP contribution in [0.3, 0.4) is 0 Å². The Balaban J connectivity index is 1.55. The van der Waals surface area contributed by atoms with Crippen LogP contribution in [0.2, 0.25) is 0 Å². The van der Waals surface area contributed by atoms with E-state index in [4.69, 9.17) is 4.74 Å². The van der Waals surface area contributed by atoms with E-state index < -0.39 is 0 Å². The van der Waals surface area contributed by atoms with Crippen LogP contribution in [0.5, 0.6) is 5.75 Å². The normalized spacial score (nSPS) is 11.5. The topological polar surface area (TPSA) is 61.7 Å². The molecule has 1 aromatic heterocycles. The average Bonchev–Trinajstić information content (AvgIpc) is 3.15. The number of allylic oxidation sites excluding steroid dienone is 1. The highest BCUT2D eigenvalue weighted by Gasteiger charge is 2.10. The molecule has 4 nitrogen and oxygen atoms in total. The fraction of sp³-hybridized carbons (Fsp3) is 0.0435. The molecule has 4 aromatic rings. The Bertz CT molecular complexity index is 1290. The number of rotatable bonds is 5. The average molecular weight is 527 g/mol. The largest absolute Gasteiger partial charge is 0.488 e. The Kier molecular flexibility index (Phi) is 5.98. The van der Waals surface area contributed by atoms with Crippen molar-refractivity contribution in [2.75, 3.05) is 0 Å². The van der Waals surface area contributed by atoms with Gasteiger partial charge in [0.2, 0.25) is 0 Å². The highest BCUT2D eigenvalue weighted by atomic mass is 79.9. The van der Waals surface area contributed by atoms with Gasteiger partial charge in [-0.05, 0) is 75.6 Å². The molecule has 0 saturated carbocycles. The summed E-state index contributed by atoms with van der Waals surface area (Å²) in [4.78, 5) is 7.37. The molecule has 0 aliphatic heterocycles. The van der Waals surface area contributed by atoms with Crippen LogP contribution in [0.15, 0.2) is 69.6 Å². The second kappa shape index (κ2) is 8.82. The zero-order valence-corrected chi connectivity index (χ0v) is 18.7. The number of nitrogens with one attached hydrogen (secondary N) is 1. The van der Waals surface area contributed by atoms with Crippen molar-refractivity contribution in [3.05, 3.63) is 92.4 Å². The van der Waals surface area contributed by atoms with Gasteiger partial charge in [-0.25, -0.2) is 9.37 Å². The van der Waals surface area contributed by atoms with Gasteiger partial charge in [0.25, 0.3) is 0 Å². The molecular formula is C23H14Br2FN3O. The first-order valence-electron chi connectivity index (χ1n) is 8.96. The first kappa shape index (κ1) is 20.3. The van der Waals surface area contributed by atoms with E-state index in [2.05, 4.69) is 47.9 Å². The van der Waals surface area contributed by atoms with Crippen molar-refractivity contribution in [1.82, 2.24) is 9.97 Å². The Hall–Kier alpha value is -2.95. The molecule has 0 saturated heterocycles. The lowest BCUT2D eigenvalue weighted by Crippen LogP contribution is -1.96. The lowest BCUT2D eigenvalue weighted by atomic mass is 10.1. The Morgan fingerprint density at radius 1 is 1.10 bits per heavy atom. The quantitative estimate of drug-likeness (QED) is 0.288. The first-order valence-corrected chi connectivity index (χ1v) is 10.5. The lowest BCUT2D eigenvalue weighted by Gasteiger charge is -2.09. The summed E-state index contributed by atoms with van der Waals surface area (Å²) < 4.78 is 21.1. The monoisotopic (exact) mass is 525 g/mol. The summed E-state index contributed by atoms with van der Waals surface area (Å²) in [6.45, 7) is 0.444. The number of aromatic amines is 1. The maximum Gasteiger partial charge on any atom is 0.149 e. The Labute approximate surface area is 189 Å². The number of nitrogens with zero attached hydrogens (tertiary/aromatic N) is 2. The molecule has 0 spiro atoms. The van der Waals surface area contributed by atoms with E-state index in [1.165, 1.54) is 12.1 Å². The maximum absolute atomic E-state index is 13.4. The van der Waals surface area contributed by atoms with Crippen LogP contribution in [0.1, 0.15) is 17.0 Å². The number of nitriles is 1. The molecule has 0 fully saturated rings. The molecule has 1 N–H and O–H groups in total. The number of ether oxygens (including phenoxy) is 1. The van der Waals surface area contributed by atoms with Crippen LogP contribution in [0, 0.1) is 17.1 Å². The van der Waals surface area contributed by atoms with Crippen LogP contribution in [0.4, 0.5) is 4.39 Å².